The number of rotatable bonds is 2. The van der Waals surface area contributed by atoms with Crippen LogP contribution < -0.4 is 5.32 Å². The summed E-state index contributed by atoms with van der Waals surface area (Å²) in [5.74, 6) is -0.394. The van der Waals surface area contributed by atoms with E-state index in [4.69, 9.17) is 23.2 Å². The number of amides is 1. The maximum Gasteiger partial charge on any atom is 0.275 e. The highest BCUT2D eigenvalue weighted by atomic mass is 79.9. The minimum Gasteiger partial charge on any atom is -0.321 e. The number of halogens is 3. The van der Waals surface area contributed by atoms with E-state index in [1.165, 1.54) is 6.07 Å². The van der Waals surface area contributed by atoms with Crippen LogP contribution in [0.15, 0.2) is 34.8 Å². The molecule has 0 fully saturated rings. The Labute approximate surface area is 129 Å². The Morgan fingerprint density at radius 2 is 2.00 bits per heavy atom. The molecule has 2 aromatic rings. The second-order valence-corrected chi connectivity index (χ2v) is 5.53. The maximum atomic E-state index is 12.1. The van der Waals surface area contributed by atoms with Crippen molar-refractivity contribution in [2.75, 3.05) is 5.32 Å². The van der Waals surface area contributed by atoms with Crippen LogP contribution in [0.5, 0.6) is 0 Å². The second kappa shape index (κ2) is 5.90. The number of benzene rings is 1. The van der Waals surface area contributed by atoms with Gasteiger partial charge >= 0.3 is 0 Å². The molecule has 0 radical (unpaired) electrons. The number of carbonyl (C=O) groups is 1. The number of anilines is 1. The second-order valence-electron chi connectivity index (χ2n) is 3.88. The molecule has 19 heavy (non-hydrogen) atoms. The van der Waals surface area contributed by atoms with Crippen molar-refractivity contribution in [3.05, 3.63) is 56.2 Å². The lowest BCUT2D eigenvalue weighted by molar-refractivity contribution is 0.102. The summed E-state index contributed by atoms with van der Waals surface area (Å²) in [6, 6.07) is 8.56. The van der Waals surface area contributed by atoms with Crippen LogP contribution in [0.2, 0.25) is 10.2 Å². The van der Waals surface area contributed by atoms with E-state index in [-0.39, 0.29) is 15.9 Å². The fourth-order valence-electron chi connectivity index (χ4n) is 1.49. The molecule has 2 rings (SSSR count). The lowest BCUT2D eigenvalue weighted by Crippen LogP contribution is -2.14. The van der Waals surface area contributed by atoms with Crippen molar-refractivity contribution in [2.45, 2.75) is 6.92 Å². The lowest BCUT2D eigenvalue weighted by atomic mass is 10.2. The van der Waals surface area contributed by atoms with Gasteiger partial charge < -0.3 is 5.32 Å². The van der Waals surface area contributed by atoms with Crippen LogP contribution in [0.25, 0.3) is 0 Å². The third kappa shape index (κ3) is 3.47. The van der Waals surface area contributed by atoms with Crippen LogP contribution in [0.4, 0.5) is 5.69 Å². The number of nitrogens with zero attached hydrogens (tertiary/aromatic N) is 1. The zero-order valence-electron chi connectivity index (χ0n) is 9.88. The van der Waals surface area contributed by atoms with Gasteiger partial charge in [0.25, 0.3) is 5.91 Å². The molecule has 0 saturated heterocycles. The van der Waals surface area contributed by atoms with Crippen LogP contribution in [-0.2, 0) is 0 Å². The molecule has 0 atom stereocenters. The van der Waals surface area contributed by atoms with Gasteiger partial charge in [-0.25, -0.2) is 4.98 Å². The average molecular weight is 360 g/mol. The maximum absolute atomic E-state index is 12.1. The summed E-state index contributed by atoms with van der Waals surface area (Å²) < 4.78 is 0.976. The first-order valence-corrected chi connectivity index (χ1v) is 6.92. The molecule has 0 saturated carbocycles. The van der Waals surface area contributed by atoms with Crippen molar-refractivity contribution in [3.63, 3.8) is 0 Å². The first-order valence-electron chi connectivity index (χ1n) is 5.37. The number of aryl methyl sites for hydroxylation is 1. The van der Waals surface area contributed by atoms with Crippen LogP contribution in [0.3, 0.4) is 0 Å². The van der Waals surface area contributed by atoms with Crippen molar-refractivity contribution in [1.82, 2.24) is 4.98 Å². The fraction of sp³-hybridized carbons (Fsp3) is 0.0769. The van der Waals surface area contributed by atoms with Gasteiger partial charge in [0.1, 0.15) is 10.8 Å². The highest BCUT2D eigenvalue weighted by Crippen LogP contribution is 2.22. The lowest BCUT2D eigenvalue weighted by Gasteiger charge is -2.08. The average Bonchev–Trinajstić information content (AvgIpc) is 2.36. The number of nitrogens with one attached hydrogen (secondary N) is 1. The molecule has 6 heteroatoms. The summed E-state index contributed by atoms with van der Waals surface area (Å²) in [5, 5.41) is 3.21. The molecule has 1 N–H and O–H groups in total. The topological polar surface area (TPSA) is 42.0 Å². The van der Waals surface area contributed by atoms with Gasteiger partial charge in [0.2, 0.25) is 0 Å². The predicted molar refractivity (Wildman–Crippen MR) is 81.1 cm³/mol. The van der Waals surface area contributed by atoms with Crippen molar-refractivity contribution >= 4 is 50.7 Å². The molecule has 1 heterocycles. The summed E-state index contributed by atoms with van der Waals surface area (Å²) in [6.45, 7) is 1.93. The van der Waals surface area contributed by atoms with Gasteiger partial charge in [0.15, 0.2) is 0 Å². The Morgan fingerprint density at radius 3 is 2.68 bits per heavy atom. The van der Waals surface area contributed by atoms with Gasteiger partial charge in [0.05, 0.1) is 5.02 Å². The molecule has 3 nitrogen and oxygen atoms in total. The van der Waals surface area contributed by atoms with Gasteiger partial charge in [-0.1, -0.05) is 39.1 Å². The molecule has 0 spiro atoms. The van der Waals surface area contributed by atoms with E-state index in [1.54, 1.807) is 12.1 Å². The van der Waals surface area contributed by atoms with E-state index >= 15 is 0 Å². The number of carbonyl (C=O) groups excluding carboxylic acids is 1. The van der Waals surface area contributed by atoms with E-state index in [1.807, 2.05) is 19.1 Å². The Balaban J connectivity index is 2.25. The Hall–Kier alpha value is -1.10. The summed E-state index contributed by atoms with van der Waals surface area (Å²) in [6.07, 6.45) is 0. The van der Waals surface area contributed by atoms with Crippen molar-refractivity contribution in [2.24, 2.45) is 0 Å². The van der Waals surface area contributed by atoms with Gasteiger partial charge in [-0.05, 0) is 42.8 Å². The summed E-state index contributed by atoms with van der Waals surface area (Å²) >= 11 is 15.1. The molecule has 1 amide bonds. The van der Waals surface area contributed by atoms with Gasteiger partial charge in [0, 0.05) is 10.2 Å². The van der Waals surface area contributed by atoms with E-state index in [2.05, 4.69) is 26.2 Å². The van der Waals surface area contributed by atoms with Crippen molar-refractivity contribution in [1.29, 1.82) is 0 Å². The highest BCUT2D eigenvalue weighted by Gasteiger charge is 2.13. The quantitative estimate of drug-likeness (QED) is 0.789. The molecule has 98 valence electrons. The van der Waals surface area contributed by atoms with E-state index in [0.29, 0.717) is 5.69 Å². The smallest absolute Gasteiger partial charge is 0.275 e. The van der Waals surface area contributed by atoms with Crippen molar-refractivity contribution < 1.29 is 4.79 Å². The van der Waals surface area contributed by atoms with Crippen molar-refractivity contribution in [3.8, 4) is 0 Å². The third-order valence-electron chi connectivity index (χ3n) is 2.44. The first-order chi connectivity index (χ1) is 8.97. The summed E-state index contributed by atoms with van der Waals surface area (Å²) in [5.41, 5.74) is 1.79. The largest absolute Gasteiger partial charge is 0.321 e. The fourth-order valence-corrected chi connectivity index (χ4v) is 2.08. The molecule has 0 aliphatic rings. The van der Waals surface area contributed by atoms with E-state index < -0.39 is 5.91 Å². The first kappa shape index (κ1) is 14.3. The highest BCUT2D eigenvalue weighted by molar-refractivity contribution is 9.10. The van der Waals surface area contributed by atoms with Gasteiger partial charge in [-0.2, -0.15) is 0 Å². The SMILES string of the molecule is Cc1cc(NC(=O)c2nc(Cl)ccc2Cl)ccc1Br. The van der Waals surface area contributed by atoms with Crippen LogP contribution in [0, 0.1) is 6.92 Å². The molecule has 0 aliphatic carbocycles. The van der Waals surface area contributed by atoms with Gasteiger partial charge in [-0.3, -0.25) is 4.79 Å². The zero-order valence-corrected chi connectivity index (χ0v) is 13.0. The summed E-state index contributed by atoms with van der Waals surface area (Å²) in [4.78, 5) is 16.0. The molecule has 0 bridgehead atoms. The summed E-state index contributed by atoms with van der Waals surface area (Å²) in [7, 11) is 0. The molecule has 1 aromatic carbocycles. The number of aromatic nitrogens is 1. The predicted octanol–water partition coefficient (Wildman–Crippen LogP) is 4.71. The van der Waals surface area contributed by atoms with E-state index in [0.717, 1.165) is 10.0 Å². The molecular weight excluding hydrogens is 351 g/mol. The number of pyridine rings is 1. The van der Waals surface area contributed by atoms with Crippen LogP contribution in [0.1, 0.15) is 16.1 Å². The monoisotopic (exact) mass is 358 g/mol. The molecule has 0 aliphatic heterocycles. The Kier molecular flexibility index (Phi) is 4.45. The Morgan fingerprint density at radius 1 is 1.26 bits per heavy atom. The Bertz CT molecular complexity index is 647. The molecule has 0 unspecified atom stereocenters. The normalized spacial score (nSPS) is 10.3. The number of hydrogen-bond donors (Lipinski definition) is 1. The minimum absolute atomic E-state index is 0.106. The zero-order chi connectivity index (χ0) is 14.0. The van der Waals surface area contributed by atoms with Gasteiger partial charge in [-0.15, -0.1) is 0 Å². The standard InChI is InChI=1S/C13H9BrCl2N2O/c1-7-6-8(2-3-9(7)14)17-13(19)12-10(15)4-5-11(16)18-12/h2-6H,1H3,(H,17,19). The minimum atomic E-state index is -0.394. The molecule has 1 aromatic heterocycles. The number of hydrogen-bond acceptors (Lipinski definition) is 2. The van der Waals surface area contributed by atoms with E-state index in [9.17, 15) is 4.79 Å². The molecular formula is C13H9BrCl2N2O. The third-order valence-corrected chi connectivity index (χ3v) is 3.85. The van der Waals surface area contributed by atoms with Crippen LogP contribution >= 0.6 is 39.1 Å². The van der Waals surface area contributed by atoms with Crippen LogP contribution in [-0.4, -0.2) is 10.9 Å².